The van der Waals surface area contributed by atoms with E-state index < -0.39 is 54.7 Å². The van der Waals surface area contributed by atoms with Gasteiger partial charge in [-0.1, -0.05) is 0 Å². The molecule has 0 spiro atoms. The number of aliphatic hydroxyl groups is 4. The number of methoxy groups -OCH3 is 1. The van der Waals surface area contributed by atoms with Crippen LogP contribution in [0.2, 0.25) is 0 Å². The maximum Gasteiger partial charge on any atom is 0.229 e. The molecule has 1 fully saturated rings. The summed E-state index contributed by atoms with van der Waals surface area (Å²) in [6.45, 7) is 1.86. The van der Waals surface area contributed by atoms with Crippen molar-refractivity contribution >= 4 is 17.3 Å². The molecular weight excluding hydrogens is 400 g/mol. The van der Waals surface area contributed by atoms with Crippen LogP contribution >= 0.6 is 0 Å². The van der Waals surface area contributed by atoms with Crippen molar-refractivity contribution in [3.63, 3.8) is 0 Å². The summed E-state index contributed by atoms with van der Waals surface area (Å²) in [7, 11) is 1.33. The second-order valence-corrected chi connectivity index (χ2v) is 7.08. The van der Waals surface area contributed by atoms with Crippen molar-refractivity contribution < 1.29 is 49.0 Å². The molecule has 0 amide bonds. The fraction of sp³-hybridized carbons (Fsp3) is 0.450. The number of rotatable bonds is 5. The smallest absolute Gasteiger partial charge is 0.229 e. The minimum Gasteiger partial charge on any atom is -0.497 e. The SMILES string of the molecule is COc1cc(OC2OC(CO)C(O)C(O)C2O)c2c(c1)C(=O)C(C)=C(C(C)=O)C2=O. The summed E-state index contributed by atoms with van der Waals surface area (Å²) < 4.78 is 16.1. The van der Waals surface area contributed by atoms with Gasteiger partial charge < -0.3 is 34.6 Å². The van der Waals surface area contributed by atoms with Gasteiger partial charge in [0.1, 0.15) is 35.9 Å². The normalized spacial score (nSPS) is 29.0. The van der Waals surface area contributed by atoms with Crippen molar-refractivity contribution in [1.82, 2.24) is 0 Å². The third-order valence-electron chi connectivity index (χ3n) is 5.17. The van der Waals surface area contributed by atoms with Crippen LogP contribution in [0.5, 0.6) is 11.5 Å². The largest absolute Gasteiger partial charge is 0.497 e. The molecule has 1 saturated heterocycles. The molecule has 10 nitrogen and oxygen atoms in total. The molecule has 4 N–H and O–H groups in total. The van der Waals surface area contributed by atoms with Crippen LogP contribution in [0.15, 0.2) is 23.3 Å². The number of Topliss-reactive ketones (excluding diaryl/α,β-unsaturated/α-hetero) is 3. The van der Waals surface area contributed by atoms with Gasteiger partial charge in [-0.05, 0) is 19.9 Å². The highest BCUT2D eigenvalue weighted by Crippen LogP contribution is 2.38. The lowest BCUT2D eigenvalue weighted by atomic mass is 9.82. The van der Waals surface area contributed by atoms with Crippen molar-refractivity contribution in [2.75, 3.05) is 13.7 Å². The molecule has 0 radical (unpaired) electrons. The number of hydrogen-bond acceptors (Lipinski definition) is 10. The molecule has 1 heterocycles. The van der Waals surface area contributed by atoms with Crippen LogP contribution in [0.1, 0.15) is 34.6 Å². The highest BCUT2D eigenvalue weighted by Gasteiger charge is 2.45. The maximum absolute atomic E-state index is 13.0. The number of benzene rings is 1. The van der Waals surface area contributed by atoms with E-state index >= 15 is 0 Å². The molecule has 1 aromatic rings. The van der Waals surface area contributed by atoms with Gasteiger partial charge in [-0.25, -0.2) is 0 Å². The first-order valence-corrected chi connectivity index (χ1v) is 9.12. The fourth-order valence-electron chi connectivity index (χ4n) is 3.54. The Morgan fingerprint density at radius 1 is 1.10 bits per heavy atom. The van der Waals surface area contributed by atoms with Gasteiger partial charge in [0.05, 0.1) is 24.9 Å². The third-order valence-corrected chi connectivity index (χ3v) is 5.17. The van der Waals surface area contributed by atoms with Crippen LogP contribution in [0, 0.1) is 0 Å². The van der Waals surface area contributed by atoms with E-state index in [9.17, 15) is 34.8 Å². The van der Waals surface area contributed by atoms with Gasteiger partial charge in [0, 0.05) is 17.2 Å². The summed E-state index contributed by atoms with van der Waals surface area (Å²) in [6, 6.07) is 2.60. The van der Waals surface area contributed by atoms with Crippen molar-refractivity contribution in [2.45, 2.75) is 44.6 Å². The van der Waals surface area contributed by atoms with E-state index in [4.69, 9.17) is 14.2 Å². The van der Waals surface area contributed by atoms with E-state index in [2.05, 4.69) is 0 Å². The Hall–Kier alpha value is -2.63. The highest BCUT2D eigenvalue weighted by atomic mass is 16.7. The van der Waals surface area contributed by atoms with Crippen LogP contribution in [-0.4, -0.2) is 82.2 Å². The first-order valence-electron chi connectivity index (χ1n) is 9.12. The lowest BCUT2D eigenvalue weighted by Gasteiger charge is -2.39. The van der Waals surface area contributed by atoms with E-state index in [1.54, 1.807) is 0 Å². The van der Waals surface area contributed by atoms with E-state index in [1.807, 2.05) is 0 Å². The number of carbonyl (C=O) groups excluding carboxylic acids is 3. The molecule has 5 unspecified atom stereocenters. The summed E-state index contributed by atoms with van der Waals surface area (Å²) in [5.41, 5.74) is -0.557. The maximum atomic E-state index is 13.0. The Morgan fingerprint density at radius 2 is 1.77 bits per heavy atom. The molecule has 1 aliphatic heterocycles. The van der Waals surface area contributed by atoms with Crippen molar-refractivity contribution in [3.05, 3.63) is 34.4 Å². The molecule has 10 heteroatoms. The number of hydrogen-bond donors (Lipinski definition) is 4. The molecular formula is C20H22O10. The van der Waals surface area contributed by atoms with Crippen LogP contribution < -0.4 is 9.47 Å². The molecule has 162 valence electrons. The van der Waals surface area contributed by atoms with Gasteiger partial charge in [0.15, 0.2) is 11.6 Å². The molecule has 1 aromatic carbocycles. The third kappa shape index (κ3) is 3.53. The number of ketones is 3. The Balaban J connectivity index is 2.09. The topological polar surface area (TPSA) is 160 Å². The first-order chi connectivity index (χ1) is 14.1. The van der Waals surface area contributed by atoms with Crippen LogP contribution in [0.3, 0.4) is 0 Å². The molecule has 0 saturated carbocycles. The van der Waals surface area contributed by atoms with Crippen LogP contribution in [0.25, 0.3) is 0 Å². The van der Waals surface area contributed by atoms with Crippen LogP contribution in [-0.2, 0) is 9.53 Å². The molecule has 30 heavy (non-hydrogen) atoms. The van der Waals surface area contributed by atoms with E-state index in [-0.39, 0.29) is 33.8 Å². The standard InChI is InChI=1S/C20H22O10/c1-7-13(8(2)22)17(25)14-10(15(7)23)4-9(28-3)5-11(14)29-20-19(27)18(26)16(24)12(6-21)30-20/h4-5,12,16,18-21,24,26-27H,6H2,1-3H3. The lowest BCUT2D eigenvalue weighted by Crippen LogP contribution is -2.60. The van der Waals surface area contributed by atoms with E-state index in [0.29, 0.717) is 0 Å². The summed E-state index contributed by atoms with van der Waals surface area (Å²) in [4.78, 5) is 37.8. The summed E-state index contributed by atoms with van der Waals surface area (Å²) in [5.74, 6) is -1.96. The second-order valence-electron chi connectivity index (χ2n) is 7.08. The number of fused-ring (bicyclic) bond motifs is 1. The summed E-state index contributed by atoms with van der Waals surface area (Å²) in [5, 5.41) is 39.4. The second kappa shape index (κ2) is 8.25. The number of ether oxygens (including phenoxy) is 3. The first kappa shape index (κ1) is 22.1. The number of allylic oxidation sites excluding steroid dienone is 2. The Bertz CT molecular complexity index is 932. The minimum absolute atomic E-state index is 0.00737. The predicted molar refractivity (Wildman–Crippen MR) is 99.4 cm³/mol. The molecule has 3 rings (SSSR count). The molecule has 2 aliphatic rings. The average Bonchev–Trinajstić information content (AvgIpc) is 2.71. The van der Waals surface area contributed by atoms with E-state index in [0.717, 1.165) is 6.92 Å². The van der Waals surface area contributed by atoms with Crippen molar-refractivity contribution in [2.24, 2.45) is 0 Å². The molecule has 0 bridgehead atoms. The molecule has 1 aliphatic carbocycles. The zero-order valence-corrected chi connectivity index (χ0v) is 16.5. The van der Waals surface area contributed by atoms with Gasteiger partial charge in [0.2, 0.25) is 12.1 Å². The van der Waals surface area contributed by atoms with E-state index in [1.165, 1.54) is 26.2 Å². The quantitative estimate of drug-likeness (QED) is 0.441. The fourth-order valence-corrected chi connectivity index (χ4v) is 3.54. The number of aliphatic hydroxyl groups excluding tert-OH is 4. The van der Waals surface area contributed by atoms with Crippen molar-refractivity contribution in [1.29, 1.82) is 0 Å². The van der Waals surface area contributed by atoms with Gasteiger partial charge in [-0.3, -0.25) is 14.4 Å². The monoisotopic (exact) mass is 422 g/mol. The molecule has 0 aromatic heterocycles. The van der Waals surface area contributed by atoms with Crippen LogP contribution in [0.4, 0.5) is 0 Å². The highest BCUT2D eigenvalue weighted by molar-refractivity contribution is 6.37. The van der Waals surface area contributed by atoms with Gasteiger partial charge in [0.25, 0.3) is 0 Å². The summed E-state index contributed by atoms with van der Waals surface area (Å²) in [6.07, 6.45) is -7.85. The summed E-state index contributed by atoms with van der Waals surface area (Å²) >= 11 is 0. The van der Waals surface area contributed by atoms with Gasteiger partial charge in [-0.2, -0.15) is 0 Å². The van der Waals surface area contributed by atoms with Gasteiger partial charge >= 0.3 is 0 Å². The Morgan fingerprint density at radius 3 is 2.33 bits per heavy atom. The zero-order chi connectivity index (χ0) is 22.3. The zero-order valence-electron chi connectivity index (χ0n) is 16.5. The molecule has 5 atom stereocenters. The minimum atomic E-state index is -1.73. The lowest BCUT2D eigenvalue weighted by molar-refractivity contribution is -0.277. The Labute approximate surface area is 171 Å². The Kier molecular flexibility index (Phi) is 6.06. The average molecular weight is 422 g/mol. The number of carbonyl (C=O) groups is 3. The van der Waals surface area contributed by atoms with Crippen molar-refractivity contribution in [3.8, 4) is 11.5 Å². The predicted octanol–water partition coefficient (Wildman–Crippen LogP) is -0.842. The van der Waals surface area contributed by atoms with Gasteiger partial charge in [-0.15, -0.1) is 0 Å².